The molecule has 0 aromatic carbocycles. The number of amidine groups is 1. The van der Waals surface area contributed by atoms with E-state index in [4.69, 9.17) is 17.4 Å². The zero-order chi connectivity index (χ0) is 10.3. The molecule has 4 N–H and O–H groups in total. The van der Waals surface area contributed by atoms with Crippen LogP contribution in [0.3, 0.4) is 0 Å². The molecule has 0 heterocycles. The van der Waals surface area contributed by atoms with Crippen LogP contribution in [0.5, 0.6) is 0 Å². The molecule has 13 heavy (non-hydrogen) atoms. The van der Waals surface area contributed by atoms with E-state index < -0.39 is 0 Å². The number of hydrogen-bond acceptors (Lipinski definition) is 3. The van der Waals surface area contributed by atoms with Crippen molar-refractivity contribution >= 4 is 5.84 Å². The molecule has 0 unspecified atom stereocenters. The Kier molecular flexibility index (Phi) is 4.93. The van der Waals surface area contributed by atoms with E-state index in [0.29, 0.717) is 6.42 Å². The molecule has 0 aliphatic carbocycles. The molecule has 0 aromatic rings. The molecular weight excluding hydrogens is 166 g/mol. The van der Waals surface area contributed by atoms with Crippen LogP contribution in [0, 0.1) is 12.3 Å². The molecule has 0 amide bonds. The smallest absolute Gasteiger partial charge is 0.139 e. The van der Waals surface area contributed by atoms with Crippen LogP contribution in [0.2, 0.25) is 0 Å². The van der Waals surface area contributed by atoms with Gasteiger partial charge in [-0.05, 0) is 26.8 Å². The number of nitrogens with zero attached hydrogens (tertiary/aromatic N) is 1. The Morgan fingerprint density at radius 3 is 2.77 bits per heavy atom. The molecule has 0 saturated heterocycles. The zero-order valence-corrected chi connectivity index (χ0v) is 8.17. The molecule has 0 atom stereocenters. The summed E-state index contributed by atoms with van der Waals surface area (Å²) in [4.78, 5) is 0. The summed E-state index contributed by atoms with van der Waals surface area (Å²) < 4.78 is 0. The van der Waals surface area contributed by atoms with Crippen molar-refractivity contribution in [1.29, 1.82) is 0 Å². The molecule has 0 aromatic heterocycles. The molecule has 0 fully saturated rings. The van der Waals surface area contributed by atoms with Crippen molar-refractivity contribution < 1.29 is 5.21 Å². The maximum atomic E-state index is 8.25. The monoisotopic (exact) mass is 183 g/mol. The lowest BCUT2D eigenvalue weighted by Gasteiger charge is -2.19. The normalized spacial score (nSPS) is 12.5. The summed E-state index contributed by atoms with van der Waals surface area (Å²) in [5.41, 5.74) is 5.00. The molecular formula is C9H17N3O. The topological polar surface area (TPSA) is 70.6 Å². The highest BCUT2D eigenvalue weighted by atomic mass is 16.4. The Morgan fingerprint density at radius 2 is 2.31 bits per heavy atom. The highest BCUT2D eigenvalue weighted by Crippen LogP contribution is 1.99. The second-order valence-corrected chi connectivity index (χ2v) is 3.39. The van der Waals surface area contributed by atoms with Gasteiger partial charge >= 0.3 is 0 Å². The van der Waals surface area contributed by atoms with Gasteiger partial charge in [-0.1, -0.05) is 11.1 Å². The summed E-state index contributed by atoms with van der Waals surface area (Å²) in [6.45, 7) is 4.61. The van der Waals surface area contributed by atoms with Crippen molar-refractivity contribution in [2.75, 3.05) is 6.54 Å². The van der Waals surface area contributed by atoms with Gasteiger partial charge in [-0.25, -0.2) is 0 Å². The van der Waals surface area contributed by atoms with Crippen LogP contribution in [0.15, 0.2) is 5.16 Å². The molecule has 0 spiro atoms. The Balaban J connectivity index is 3.54. The molecule has 0 bridgehead atoms. The van der Waals surface area contributed by atoms with Crippen molar-refractivity contribution in [3.63, 3.8) is 0 Å². The minimum Gasteiger partial charge on any atom is -0.409 e. The first-order chi connectivity index (χ1) is 6.02. The van der Waals surface area contributed by atoms with Crippen molar-refractivity contribution in [1.82, 2.24) is 5.32 Å². The third-order valence-electron chi connectivity index (χ3n) is 1.67. The summed E-state index contributed by atoms with van der Waals surface area (Å²) in [5.74, 6) is 2.87. The van der Waals surface area contributed by atoms with Gasteiger partial charge in [0.05, 0.1) is 5.54 Å². The van der Waals surface area contributed by atoms with E-state index in [9.17, 15) is 0 Å². The molecule has 4 heteroatoms. The van der Waals surface area contributed by atoms with Gasteiger partial charge in [-0.15, -0.1) is 6.42 Å². The number of oxime groups is 1. The number of rotatable bonds is 5. The summed E-state index contributed by atoms with van der Waals surface area (Å²) in [6.07, 6.45) is 6.65. The number of hydrogen-bond donors (Lipinski definition) is 3. The minimum absolute atomic E-state index is 0.250. The van der Waals surface area contributed by atoms with Crippen LogP contribution < -0.4 is 11.1 Å². The van der Waals surface area contributed by atoms with Gasteiger partial charge < -0.3 is 16.3 Å². The summed E-state index contributed by atoms with van der Waals surface area (Å²) in [6, 6.07) is 0. The third kappa shape index (κ3) is 6.00. The molecule has 0 saturated carbocycles. The predicted molar refractivity (Wildman–Crippen MR) is 53.6 cm³/mol. The molecule has 0 rings (SSSR count). The minimum atomic E-state index is -0.287. The van der Waals surface area contributed by atoms with Gasteiger partial charge in [0.1, 0.15) is 5.84 Å². The largest absolute Gasteiger partial charge is 0.409 e. The number of nitrogens with two attached hydrogens (primary N) is 1. The second-order valence-electron chi connectivity index (χ2n) is 3.39. The molecule has 0 aliphatic rings. The highest BCUT2D eigenvalue weighted by molar-refractivity contribution is 5.79. The first-order valence-electron chi connectivity index (χ1n) is 4.21. The zero-order valence-electron chi connectivity index (χ0n) is 8.17. The fourth-order valence-corrected chi connectivity index (χ4v) is 0.771. The fraction of sp³-hybridized carbons (Fsp3) is 0.667. The van der Waals surface area contributed by atoms with Gasteiger partial charge in [0.15, 0.2) is 0 Å². The molecule has 0 radical (unpaired) electrons. The van der Waals surface area contributed by atoms with Gasteiger partial charge in [-0.2, -0.15) is 0 Å². The van der Waals surface area contributed by atoms with Gasteiger partial charge in [0, 0.05) is 6.42 Å². The van der Waals surface area contributed by atoms with Crippen LogP contribution in [0.1, 0.15) is 26.7 Å². The third-order valence-corrected chi connectivity index (χ3v) is 1.67. The van der Waals surface area contributed by atoms with E-state index in [2.05, 4.69) is 16.4 Å². The predicted octanol–water partition coefficient (Wildman–Crippen LogP) is 0.514. The average Bonchev–Trinajstić information content (AvgIpc) is 2.12. The van der Waals surface area contributed by atoms with Gasteiger partial charge in [-0.3, -0.25) is 0 Å². The number of nitrogens with one attached hydrogen (secondary N) is 1. The van der Waals surface area contributed by atoms with Crippen LogP contribution >= 0.6 is 0 Å². The van der Waals surface area contributed by atoms with Crippen LogP contribution in [0.25, 0.3) is 0 Å². The SMILES string of the molecule is C#CC(C)(C)NCCCC(N)=NO. The molecule has 74 valence electrons. The molecule has 4 nitrogen and oxygen atoms in total. The maximum Gasteiger partial charge on any atom is 0.139 e. The summed E-state index contributed by atoms with van der Waals surface area (Å²) in [7, 11) is 0. The Labute approximate surface area is 79.2 Å². The van der Waals surface area contributed by atoms with Gasteiger partial charge in [0.2, 0.25) is 0 Å². The van der Waals surface area contributed by atoms with E-state index in [0.717, 1.165) is 13.0 Å². The van der Waals surface area contributed by atoms with Crippen LogP contribution in [-0.4, -0.2) is 23.1 Å². The summed E-state index contributed by atoms with van der Waals surface area (Å²) in [5, 5.41) is 14.3. The first kappa shape index (κ1) is 11.8. The standard InChI is InChI=1S/C9H17N3O/c1-4-9(2,3)11-7-5-6-8(10)12-13/h1,11,13H,5-7H2,2-3H3,(H2,10,12). The lowest BCUT2D eigenvalue weighted by Crippen LogP contribution is -2.38. The lowest BCUT2D eigenvalue weighted by molar-refractivity contribution is 0.316. The van der Waals surface area contributed by atoms with E-state index in [-0.39, 0.29) is 11.4 Å². The quantitative estimate of drug-likeness (QED) is 0.145. The number of terminal acetylenes is 1. The molecule has 0 aliphatic heterocycles. The lowest BCUT2D eigenvalue weighted by atomic mass is 10.1. The average molecular weight is 183 g/mol. The fourth-order valence-electron chi connectivity index (χ4n) is 0.771. The Bertz CT molecular complexity index is 215. The highest BCUT2D eigenvalue weighted by Gasteiger charge is 2.11. The van der Waals surface area contributed by atoms with Crippen molar-refractivity contribution in [3.05, 3.63) is 0 Å². The second kappa shape index (κ2) is 5.44. The van der Waals surface area contributed by atoms with E-state index >= 15 is 0 Å². The van der Waals surface area contributed by atoms with E-state index in [1.807, 2.05) is 13.8 Å². The summed E-state index contributed by atoms with van der Waals surface area (Å²) >= 11 is 0. The van der Waals surface area contributed by atoms with Crippen molar-refractivity contribution in [3.8, 4) is 12.3 Å². The van der Waals surface area contributed by atoms with Crippen LogP contribution in [0.4, 0.5) is 0 Å². The van der Waals surface area contributed by atoms with Gasteiger partial charge in [0.25, 0.3) is 0 Å². The Morgan fingerprint density at radius 1 is 1.69 bits per heavy atom. The van der Waals surface area contributed by atoms with Crippen molar-refractivity contribution in [2.24, 2.45) is 10.9 Å². The Hall–Kier alpha value is -1.21. The maximum absolute atomic E-state index is 8.25. The van der Waals surface area contributed by atoms with E-state index in [1.165, 1.54) is 0 Å². The van der Waals surface area contributed by atoms with E-state index in [1.54, 1.807) is 0 Å². The first-order valence-corrected chi connectivity index (χ1v) is 4.21. The van der Waals surface area contributed by atoms with Crippen molar-refractivity contribution in [2.45, 2.75) is 32.2 Å². The van der Waals surface area contributed by atoms with Crippen LogP contribution in [-0.2, 0) is 0 Å².